The number of primary sulfonamides is 1. The largest absolute Gasteiger partial charge is 0.385 e. The van der Waals surface area contributed by atoms with Gasteiger partial charge >= 0.3 is 0 Å². The molecular formula is C12H16BrClN2O4S. The molecule has 0 aromatic heterocycles. The Kier molecular flexibility index (Phi) is 7.08. The third kappa shape index (κ3) is 5.55. The predicted octanol–water partition coefficient (Wildman–Crippen LogP) is 1.91. The number of hydrogen-bond donors (Lipinski definition) is 2. The van der Waals surface area contributed by atoms with Crippen LogP contribution in [0.1, 0.15) is 23.2 Å². The second-order valence-corrected chi connectivity index (χ2v) is 7.05. The van der Waals surface area contributed by atoms with Crippen LogP contribution in [0.3, 0.4) is 0 Å². The molecule has 3 N–H and O–H groups in total. The van der Waals surface area contributed by atoms with Gasteiger partial charge in [0.2, 0.25) is 10.0 Å². The van der Waals surface area contributed by atoms with Gasteiger partial charge in [-0.1, -0.05) is 11.6 Å². The van der Waals surface area contributed by atoms with E-state index in [4.69, 9.17) is 21.5 Å². The van der Waals surface area contributed by atoms with Crippen molar-refractivity contribution in [1.29, 1.82) is 0 Å². The monoisotopic (exact) mass is 398 g/mol. The molecule has 0 spiro atoms. The summed E-state index contributed by atoms with van der Waals surface area (Å²) >= 11 is 9.02. The van der Waals surface area contributed by atoms with E-state index in [1.54, 1.807) is 7.11 Å². The highest BCUT2D eigenvalue weighted by Crippen LogP contribution is 2.28. The zero-order valence-corrected chi connectivity index (χ0v) is 14.5. The van der Waals surface area contributed by atoms with E-state index in [0.29, 0.717) is 13.2 Å². The zero-order chi connectivity index (χ0) is 16.0. The molecule has 0 aliphatic carbocycles. The maximum Gasteiger partial charge on any atom is 0.252 e. The van der Waals surface area contributed by atoms with Crippen molar-refractivity contribution in [2.24, 2.45) is 5.14 Å². The first-order valence-corrected chi connectivity index (χ1v) is 8.78. The number of nitrogens with two attached hydrogens (primary N) is 1. The standard InChI is InChI=1S/C12H16BrClN2O4S/c1-20-5-3-2-4-16-12(17)8-6-11(21(15,18)19)9(13)7-10(8)14/h6-7H,2-5H2,1H3,(H,16,17)(H2,15,18,19). The van der Waals surface area contributed by atoms with Gasteiger partial charge in [-0.3, -0.25) is 4.79 Å². The van der Waals surface area contributed by atoms with E-state index in [0.717, 1.165) is 18.9 Å². The molecule has 0 aliphatic heterocycles. The highest BCUT2D eigenvalue weighted by atomic mass is 79.9. The van der Waals surface area contributed by atoms with Gasteiger partial charge in [-0.2, -0.15) is 0 Å². The second-order valence-electron chi connectivity index (χ2n) is 4.26. The Labute approximate surface area is 137 Å². The maximum absolute atomic E-state index is 12.0. The Morgan fingerprint density at radius 3 is 2.67 bits per heavy atom. The highest BCUT2D eigenvalue weighted by Gasteiger charge is 2.19. The minimum atomic E-state index is -3.94. The molecule has 0 saturated carbocycles. The van der Waals surface area contributed by atoms with E-state index in [9.17, 15) is 13.2 Å². The summed E-state index contributed by atoms with van der Waals surface area (Å²) in [6.45, 7) is 1.06. The average molecular weight is 400 g/mol. The number of carbonyl (C=O) groups is 1. The number of sulfonamides is 1. The lowest BCUT2D eigenvalue weighted by Gasteiger charge is -2.09. The number of carbonyl (C=O) groups excluding carboxylic acids is 1. The van der Waals surface area contributed by atoms with Crippen molar-refractivity contribution < 1.29 is 17.9 Å². The van der Waals surface area contributed by atoms with Crippen molar-refractivity contribution in [2.45, 2.75) is 17.7 Å². The quantitative estimate of drug-likeness (QED) is 0.684. The number of benzene rings is 1. The molecule has 0 aliphatic rings. The number of ether oxygens (including phenoxy) is 1. The van der Waals surface area contributed by atoms with Crippen LogP contribution < -0.4 is 10.5 Å². The molecule has 1 aromatic rings. The first kappa shape index (κ1) is 18.4. The van der Waals surface area contributed by atoms with Crippen molar-refractivity contribution in [2.75, 3.05) is 20.3 Å². The first-order valence-electron chi connectivity index (χ1n) is 6.06. The van der Waals surface area contributed by atoms with Crippen LogP contribution in [0.4, 0.5) is 0 Å². The summed E-state index contributed by atoms with van der Waals surface area (Å²) in [4.78, 5) is 11.8. The van der Waals surface area contributed by atoms with E-state index in [1.807, 2.05) is 0 Å². The molecule has 9 heteroatoms. The molecule has 0 atom stereocenters. The molecule has 1 aromatic carbocycles. The van der Waals surface area contributed by atoms with E-state index in [2.05, 4.69) is 21.2 Å². The van der Waals surface area contributed by atoms with Crippen LogP contribution in [0.5, 0.6) is 0 Å². The van der Waals surface area contributed by atoms with Gasteiger partial charge in [-0.15, -0.1) is 0 Å². The Morgan fingerprint density at radius 1 is 1.43 bits per heavy atom. The van der Waals surface area contributed by atoms with Gasteiger partial charge in [-0.05, 0) is 40.9 Å². The average Bonchev–Trinajstić information content (AvgIpc) is 2.36. The molecule has 1 amide bonds. The zero-order valence-electron chi connectivity index (χ0n) is 11.4. The lowest BCUT2D eigenvalue weighted by atomic mass is 10.2. The Morgan fingerprint density at radius 2 is 2.10 bits per heavy atom. The fourth-order valence-corrected chi connectivity index (χ4v) is 3.60. The number of hydrogen-bond acceptors (Lipinski definition) is 4. The van der Waals surface area contributed by atoms with Crippen LogP contribution in [0, 0.1) is 0 Å². The lowest BCUT2D eigenvalue weighted by molar-refractivity contribution is 0.0951. The third-order valence-corrected chi connectivity index (χ3v) is 4.82. The van der Waals surface area contributed by atoms with Gasteiger partial charge in [0.05, 0.1) is 15.5 Å². The van der Waals surface area contributed by atoms with Crippen LogP contribution in [-0.4, -0.2) is 34.6 Å². The van der Waals surface area contributed by atoms with Crippen molar-refractivity contribution in [3.05, 3.63) is 27.2 Å². The normalized spacial score (nSPS) is 11.4. The van der Waals surface area contributed by atoms with Gasteiger partial charge < -0.3 is 10.1 Å². The first-order chi connectivity index (χ1) is 9.77. The maximum atomic E-state index is 12.0. The van der Waals surface area contributed by atoms with Gasteiger partial charge in [0.1, 0.15) is 0 Å². The molecular weight excluding hydrogens is 384 g/mol. The number of halogens is 2. The van der Waals surface area contributed by atoms with Crippen LogP contribution in [0.25, 0.3) is 0 Å². The summed E-state index contributed by atoms with van der Waals surface area (Å²) in [5, 5.41) is 7.89. The summed E-state index contributed by atoms with van der Waals surface area (Å²) in [6, 6.07) is 2.49. The number of nitrogens with one attached hydrogen (secondary N) is 1. The molecule has 0 bridgehead atoms. The Bertz CT molecular complexity index is 622. The number of unbranched alkanes of at least 4 members (excludes halogenated alkanes) is 1. The van der Waals surface area contributed by atoms with E-state index < -0.39 is 15.9 Å². The van der Waals surface area contributed by atoms with E-state index in [-0.39, 0.29) is 20.0 Å². The van der Waals surface area contributed by atoms with Crippen molar-refractivity contribution in [3.63, 3.8) is 0 Å². The second kappa shape index (κ2) is 8.09. The van der Waals surface area contributed by atoms with Gasteiger partial charge in [0.15, 0.2) is 0 Å². The summed E-state index contributed by atoms with van der Waals surface area (Å²) in [5.41, 5.74) is 0.0654. The molecule has 0 saturated heterocycles. The molecule has 0 fully saturated rings. The third-order valence-electron chi connectivity index (χ3n) is 2.63. The summed E-state index contributed by atoms with van der Waals surface area (Å²) in [5.74, 6) is -0.449. The van der Waals surface area contributed by atoms with Crippen LogP contribution in [0.2, 0.25) is 5.02 Å². The van der Waals surface area contributed by atoms with Gasteiger partial charge in [0.25, 0.3) is 5.91 Å². The molecule has 21 heavy (non-hydrogen) atoms. The minimum absolute atomic E-state index is 0.0654. The number of methoxy groups -OCH3 is 1. The highest BCUT2D eigenvalue weighted by molar-refractivity contribution is 9.10. The van der Waals surface area contributed by atoms with Crippen LogP contribution >= 0.6 is 27.5 Å². The lowest BCUT2D eigenvalue weighted by Crippen LogP contribution is -2.25. The van der Waals surface area contributed by atoms with Crippen molar-refractivity contribution in [1.82, 2.24) is 5.32 Å². The predicted molar refractivity (Wildman–Crippen MR) is 84.0 cm³/mol. The van der Waals surface area contributed by atoms with Crippen LogP contribution in [-0.2, 0) is 14.8 Å². The molecule has 6 nitrogen and oxygen atoms in total. The minimum Gasteiger partial charge on any atom is -0.385 e. The fourth-order valence-electron chi connectivity index (χ4n) is 1.59. The summed E-state index contributed by atoms with van der Waals surface area (Å²) < 4.78 is 28.0. The topological polar surface area (TPSA) is 98.5 Å². The Balaban J connectivity index is 2.85. The van der Waals surface area contributed by atoms with Gasteiger partial charge in [-0.25, -0.2) is 13.6 Å². The smallest absolute Gasteiger partial charge is 0.252 e. The number of rotatable bonds is 7. The van der Waals surface area contributed by atoms with Crippen molar-refractivity contribution in [3.8, 4) is 0 Å². The summed E-state index contributed by atoms with van der Waals surface area (Å²) in [7, 11) is -2.33. The molecule has 0 radical (unpaired) electrons. The van der Waals surface area contributed by atoms with Crippen molar-refractivity contribution >= 4 is 43.5 Å². The Hall–Kier alpha value is -0.670. The molecule has 0 heterocycles. The van der Waals surface area contributed by atoms with Gasteiger partial charge in [0, 0.05) is 24.7 Å². The SMILES string of the molecule is COCCCCNC(=O)c1cc(S(N)(=O)=O)c(Br)cc1Cl. The fraction of sp³-hybridized carbons (Fsp3) is 0.417. The van der Waals surface area contributed by atoms with E-state index in [1.165, 1.54) is 6.07 Å². The molecule has 118 valence electrons. The molecule has 1 rings (SSSR count). The number of amides is 1. The molecule has 0 unspecified atom stereocenters. The summed E-state index contributed by atoms with van der Waals surface area (Å²) in [6.07, 6.45) is 1.56. The van der Waals surface area contributed by atoms with Crippen LogP contribution in [0.15, 0.2) is 21.5 Å². The van der Waals surface area contributed by atoms with E-state index >= 15 is 0 Å².